The van der Waals surface area contributed by atoms with Crippen molar-refractivity contribution >= 4 is 5.82 Å². The highest BCUT2D eigenvalue weighted by Crippen LogP contribution is 2.29. The van der Waals surface area contributed by atoms with Crippen LogP contribution >= 0.6 is 0 Å². The molecule has 0 saturated heterocycles. The maximum absolute atomic E-state index is 12.1. The fourth-order valence-corrected chi connectivity index (χ4v) is 2.10. The van der Waals surface area contributed by atoms with Gasteiger partial charge in [0.05, 0.1) is 6.61 Å². The van der Waals surface area contributed by atoms with Gasteiger partial charge in [0.2, 0.25) is 0 Å². The summed E-state index contributed by atoms with van der Waals surface area (Å²) in [7, 11) is 0. The molecule has 0 saturated carbocycles. The van der Waals surface area contributed by atoms with E-state index in [9.17, 15) is 15.3 Å². The number of anilines is 1. The molecule has 7 nitrogen and oxygen atoms in total. The molecule has 1 heterocycles. The van der Waals surface area contributed by atoms with Crippen molar-refractivity contribution in [3.05, 3.63) is 45.7 Å². The Bertz CT molecular complexity index is 854. The van der Waals surface area contributed by atoms with Gasteiger partial charge in [0, 0.05) is 5.56 Å². The monoisotopic (exact) mass is 295 g/mol. The average molecular weight is 295 g/mol. The van der Waals surface area contributed by atoms with E-state index >= 15 is 0 Å². The summed E-state index contributed by atoms with van der Waals surface area (Å²) in [5.41, 5.74) is 5.42. The molecular weight excluding hydrogens is 282 g/mol. The number of nitrogens with zero attached hydrogens (tertiary/aromatic N) is 3. The van der Waals surface area contributed by atoms with Crippen molar-refractivity contribution in [2.45, 2.75) is 6.92 Å². The van der Waals surface area contributed by atoms with Gasteiger partial charge in [-0.1, -0.05) is 12.1 Å². The smallest absolute Gasteiger partial charge is 0.289 e. The van der Waals surface area contributed by atoms with Gasteiger partial charge in [0.1, 0.15) is 34.8 Å². The molecule has 0 atom stereocenters. The minimum absolute atomic E-state index is 0.0113. The molecule has 2 rings (SSSR count). The fourth-order valence-electron chi connectivity index (χ4n) is 2.10. The number of hydrogen-bond donors (Lipinski definition) is 2. The topological polar surface area (TPSA) is 131 Å². The summed E-state index contributed by atoms with van der Waals surface area (Å²) < 4.78 is 5.94. The number of rotatable bonds is 3. The Morgan fingerprint density at radius 2 is 1.77 bits per heavy atom. The number of aromatic nitrogens is 1. The van der Waals surface area contributed by atoms with Gasteiger partial charge < -0.3 is 16.3 Å². The second kappa shape index (κ2) is 5.90. The third kappa shape index (κ3) is 2.32. The largest absolute Gasteiger partial charge is 0.494 e. The summed E-state index contributed by atoms with van der Waals surface area (Å²) in [4.78, 5) is 12.1. The molecule has 4 N–H and O–H groups in total. The summed E-state index contributed by atoms with van der Waals surface area (Å²) in [6, 6.07) is 10.4. The van der Waals surface area contributed by atoms with Crippen molar-refractivity contribution in [3.8, 4) is 29.0 Å². The molecule has 1 aromatic heterocycles. The molecule has 0 radical (unpaired) electrons. The number of nitrogens with two attached hydrogens (primary N) is 2. The molecule has 0 spiro atoms. The van der Waals surface area contributed by atoms with Crippen LogP contribution in [0.3, 0.4) is 0 Å². The number of benzene rings is 1. The van der Waals surface area contributed by atoms with Gasteiger partial charge in [-0.3, -0.25) is 4.79 Å². The first-order valence-electron chi connectivity index (χ1n) is 6.42. The third-order valence-corrected chi connectivity index (χ3v) is 3.13. The van der Waals surface area contributed by atoms with Crippen molar-refractivity contribution in [1.82, 2.24) is 4.68 Å². The van der Waals surface area contributed by atoms with Crippen LogP contribution in [0.5, 0.6) is 5.75 Å². The zero-order valence-corrected chi connectivity index (χ0v) is 11.8. The Balaban J connectivity index is 2.77. The van der Waals surface area contributed by atoms with E-state index in [2.05, 4.69) is 0 Å². The molecule has 22 heavy (non-hydrogen) atoms. The highest BCUT2D eigenvalue weighted by molar-refractivity contribution is 5.80. The predicted octanol–water partition coefficient (Wildman–Crippen LogP) is 0.953. The summed E-state index contributed by atoms with van der Waals surface area (Å²) >= 11 is 0. The molecule has 7 heteroatoms. The lowest BCUT2D eigenvalue weighted by molar-refractivity contribution is 0.340. The molecule has 0 bridgehead atoms. The van der Waals surface area contributed by atoms with E-state index in [0.29, 0.717) is 22.6 Å². The summed E-state index contributed by atoms with van der Waals surface area (Å²) in [6.07, 6.45) is 0. The Morgan fingerprint density at radius 3 is 2.27 bits per heavy atom. The van der Waals surface area contributed by atoms with Crippen LogP contribution < -0.4 is 21.9 Å². The first-order chi connectivity index (χ1) is 10.5. The van der Waals surface area contributed by atoms with Gasteiger partial charge in [-0.2, -0.15) is 10.5 Å². The molecule has 110 valence electrons. The molecule has 2 aromatic rings. The van der Waals surface area contributed by atoms with Crippen molar-refractivity contribution in [2.24, 2.45) is 0 Å². The zero-order chi connectivity index (χ0) is 16.3. The molecular formula is C15H13N5O2. The lowest BCUT2D eigenvalue weighted by Crippen LogP contribution is -2.33. The van der Waals surface area contributed by atoms with Gasteiger partial charge in [-0.25, -0.2) is 4.68 Å². The SMILES string of the molecule is CCOc1ccc(-c2c(C#N)c(N)n(N)c(=O)c2C#N)cc1. The number of ether oxygens (including phenoxy) is 1. The number of nitriles is 2. The van der Waals surface area contributed by atoms with Crippen molar-refractivity contribution in [1.29, 1.82) is 10.5 Å². The van der Waals surface area contributed by atoms with Gasteiger partial charge in [-0.15, -0.1) is 0 Å². The fraction of sp³-hybridized carbons (Fsp3) is 0.133. The lowest BCUT2D eigenvalue weighted by atomic mass is 9.96. The molecule has 0 amide bonds. The predicted molar refractivity (Wildman–Crippen MR) is 81.3 cm³/mol. The van der Waals surface area contributed by atoms with Gasteiger partial charge >= 0.3 is 0 Å². The highest BCUT2D eigenvalue weighted by Gasteiger charge is 2.20. The first-order valence-corrected chi connectivity index (χ1v) is 6.42. The second-order valence-corrected chi connectivity index (χ2v) is 4.37. The molecule has 0 unspecified atom stereocenters. The number of hydrogen-bond acceptors (Lipinski definition) is 6. The normalized spacial score (nSPS) is 9.77. The Kier molecular flexibility index (Phi) is 4.01. The second-order valence-electron chi connectivity index (χ2n) is 4.37. The Hall–Kier alpha value is -3.45. The Labute approximate surface area is 126 Å². The van der Waals surface area contributed by atoms with E-state index in [0.717, 1.165) is 0 Å². The van der Waals surface area contributed by atoms with E-state index in [1.807, 2.05) is 13.0 Å². The molecule has 0 aliphatic heterocycles. The van der Waals surface area contributed by atoms with E-state index in [1.54, 1.807) is 30.3 Å². The van der Waals surface area contributed by atoms with Crippen molar-refractivity contribution in [3.63, 3.8) is 0 Å². The molecule has 1 aromatic carbocycles. The van der Waals surface area contributed by atoms with Crippen molar-refractivity contribution < 1.29 is 4.74 Å². The summed E-state index contributed by atoms with van der Waals surface area (Å²) in [5.74, 6) is 5.96. The third-order valence-electron chi connectivity index (χ3n) is 3.13. The number of pyridine rings is 1. The summed E-state index contributed by atoms with van der Waals surface area (Å²) in [6.45, 7) is 2.37. The first kappa shape index (κ1) is 14.9. The van der Waals surface area contributed by atoms with Crippen LogP contribution in [0.4, 0.5) is 5.82 Å². The van der Waals surface area contributed by atoms with E-state index < -0.39 is 5.56 Å². The van der Waals surface area contributed by atoms with Crippen LogP contribution in [-0.4, -0.2) is 11.3 Å². The van der Waals surface area contributed by atoms with Crippen LogP contribution in [0.15, 0.2) is 29.1 Å². The van der Waals surface area contributed by atoms with Gasteiger partial charge in [0.25, 0.3) is 5.56 Å². The summed E-state index contributed by atoms with van der Waals surface area (Å²) in [5, 5.41) is 18.5. The Morgan fingerprint density at radius 1 is 1.18 bits per heavy atom. The molecule has 0 aliphatic rings. The van der Waals surface area contributed by atoms with Crippen LogP contribution in [0, 0.1) is 22.7 Å². The van der Waals surface area contributed by atoms with Gasteiger partial charge in [-0.05, 0) is 24.6 Å². The zero-order valence-electron chi connectivity index (χ0n) is 11.8. The van der Waals surface area contributed by atoms with Crippen LogP contribution in [-0.2, 0) is 0 Å². The lowest BCUT2D eigenvalue weighted by Gasteiger charge is -2.12. The minimum atomic E-state index is -0.747. The maximum Gasteiger partial charge on any atom is 0.289 e. The van der Waals surface area contributed by atoms with E-state index in [1.165, 1.54) is 0 Å². The van der Waals surface area contributed by atoms with Crippen LogP contribution in [0.1, 0.15) is 18.1 Å². The highest BCUT2D eigenvalue weighted by atomic mass is 16.5. The van der Waals surface area contributed by atoms with E-state index in [-0.39, 0.29) is 22.5 Å². The maximum atomic E-state index is 12.1. The van der Waals surface area contributed by atoms with Crippen LogP contribution in [0.25, 0.3) is 11.1 Å². The average Bonchev–Trinajstić information content (AvgIpc) is 2.53. The molecule has 0 fully saturated rings. The molecule has 0 aliphatic carbocycles. The minimum Gasteiger partial charge on any atom is -0.494 e. The van der Waals surface area contributed by atoms with E-state index in [4.69, 9.17) is 16.3 Å². The van der Waals surface area contributed by atoms with Crippen molar-refractivity contribution in [2.75, 3.05) is 18.2 Å². The van der Waals surface area contributed by atoms with Crippen LogP contribution in [0.2, 0.25) is 0 Å². The standard InChI is InChI=1S/C15H13N5O2/c1-2-22-10-5-3-9(4-6-10)13-11(7-16)14(18)20(19)15(21)12(13)8-17/h3-6H,2,18-19H2,1H3. The quantitative estimate of drug-likeness (QED) is 0.810. The van der Waals surface area contributed by atoms with Gasteiger partial charge in [0.15, 0.2) is 0 Å². The number of nitrogen functional groups attached to an aromatic ring is 2.